The van der Waals surface area contributed by atoms with Crippen molar-refractivity contribution < 1.29 is 29.4 Å². The maximum atomic E-state index is 13.9. The van der Waals surface area contributed by atoms with E-state index in [0.29, 0.717) is 73.9 Å². The van der Waals surface area contributed by atoms with Gasteiger partial charge in [0.1, 0.15) is 17.7 Å². The Bertz CT molecular complexity index is 2980. The van der Waals surface area contributed by atoms with E-state index < -0.39 is 29.8 Å². The number of Topliss-reactive ketones (excluding diaryl/α,β-unsaturated/α-hetero) is 1. The molecule has 5 fully saturated rings. The Balaban J connectivity index is 0.682. The third kappa shape index (κ3) is 10.2. The third-order valence-electron chi connectivity index (χ3n) is 16.5. The molecule has 0 radical (unpaired) electrons. The molecule has 5 aromatic rings. The third-order valence-corrected chi connectivity index (χ3v) is 17.5. The molecule has 1 aromatic carbocycles. The van der Waals surface area contributed by atoms with Gasteiger partial charge in [-0.2, -0.15) is 4.98 Å². The zero-order valence-electron chi connectivity index (χ0n) is 43.3. The van der Waals surface area contributed by atoms with Crippen LogP contribution in [0.1, 0.15) is 119 Å². The lowest BCUT2D eigenvalue weighted by molar-refractivity contribution is -0.158. The van der Waals surface area contributed by atoms with Crippen LogP contribution in [-0.4, -0.2) is 125 Å². The van der Waals surface area contributed by atoms with Crippen LogP contribution in [0.3, 0.4) is 0 Å². The molecule has 5 aliphatic rings. The highest BCUT2D eigenvalue weighted by Crippen LogP contribution is 2.61. The number of likely N-dealkylation sites (tertiary alicyclic amines) is 1. The van der Waals surface area contributed by atoms with Gasteiger partial charge in [-0.05, 0) is 105 Å². The van der Waals surface area contributed by atoms with Crippen molar-refractivity contribution >= 4 is 63.3 Å². The number of aliphatic hydroxyl groups excluding tert-OH is 2. The Morgan fingerprint density at radius 2 is 1.59 bits per heavy atom. The van der Waals surface area contributed by atoms with E-state index in [1.807, 2.05) is 74.5 Å². The fraction of sp³-hybridized carbons (Fsp3) is 0.545. The normalized spacial score (nSPS) is 24.1. The molecular formula is C55H69N11O7S. The lowest BCUT2D eigenvalue weighted by Crippen LogP contribution is -2.62. The largest absolute Gasteiger partial charge is 0.392 e. The zero-order chi connectivity index (χ0) is 52.2. The molecule has 1 spiro atoms. The molecule has 2 aliphatic heterocycles. The number of hydrogen-bond acceptors (Lipinski definition) is 15. The van der Waals surface area contributed by atoms with Crippen LogP contribution in [0.2, 0.25) is 0 Å². The van der Waals surface area contributed by atoms with E-state index in [4.69, 9.17) is 4.98 Å². The number of aromatic nitrogens is 5. The molecule has 3 saturated carbocycles. The van der Waals surface area contributed by atoms with E-state index in [1.165, 1.54) is 6.92 Å². The minimum Gasteiger partial charge on any atom is -0.392 e. The molecule has 5 N–H and O–H groups in total. The summed E-state index contributed by atoms with van der Waals surface area (Å²) >= 11 is 1.58. The number of hydrogen-bond donors (Lipinski definition) is 5. The highest BCUT2D eigenvalue weighted by atomic mass is 32.1. The van der Waals surface area contributed by atoms with Gasteiger partial charge in [0.05, 0.1) is 51.7 Å². The van der Waals surface area contributed by atoms with Gasteiger partial charge in [-0.25, -0.2) is 15.0 Å². The fourth-order valence-corrected chi connectivity index (χ4v) is 13.2. The monoisotopic (exact) mass is 1030 g/mol. The van der Waals surface area contributed by atoms with Crippen LogP contribution in [-0.2, 0) is 20.9 Å². The number of piperazine rings is 1. The van der Waals surface area contributed by atoms with E-state index in [0.717, 1.165) is 65.9 Å². The topological polar surface area (TPSA) is 228 Å². The lowest BCUT2D eigenvalue weighted by Gasteiger charge is -2.57. The van der Waals surface area contributed by atoms with E-state index in [9.17, 15) is 34.2 Å². The lowest BCUT2D eigenvalue weighted by atomic mass is 9.48. The van der Waals surface area contributed by atoms with Crippen LogP contribution < -0.4 is 26.4 Å². The zero-order valence-corrected chi connectivity index (χ0v) is 44.1. The number of carbonyl (C=O) groups excluding carboxylic acids is 4. The number of rotatable bonds is 14. The van der Waals surface area contributed by atoms with Crippen molar-refractivity contribution in [2.75, 3.05) is 42.9 Å². The molecule has 4 atom stereocenters. The predicted molar refractivity (Wildman–Crippen MR) is 283 cm³/mol. The molecule has 19 heteroatoms. The molecular weight excluding hydrogens is 959 g/mol. The second-order valence-electron chi connectivity index (χ2n) is 22.7. The maximum absolute atomic E-state index is 13.9. The number of carbonyl (C=O) groups is 4. The number of β-amino-alcohol motifs (C(OH)–C–C–N with tert-alkyl or cyclic N) is 1. The Kier molecular flexibility index (Phi) is 14.2. The molecule has 3 aliphatic carbocycles. The molecule has 4 aromatic heterocycles. The Labute approximate surface area is 435 Å². The molecule has 1 unspecified atom stereocenters. The number of benzene rings is 1. The molecule has 74 heavy (non-hydrogen) atoms. The van der Waals surface area contributed by atoms with Crippen LogP contribution >= 0.6 is 11.3 Å². The van der Waals surface area contributed by atoms with Crippen LogP contribution in [0.15, 0.2) is 59.1 Å². The van der Waals surface area contributed by atoms with Gasteiger partial charge < -0.3 is 36.0 Å². The molecule has 18 nitrogen and oxygen atoms in total. The van der Waals surface area contributed by atoms with Crippen molar-refractivity contribution in [3.63, 3.8) is 0 Å². The number of aliphatic hydroxyl groups is 2. The summed E-state index contributed by atoms with van der Waals surface area (Å²) in [6.45, 7) is 14.0. The smallest absolute Gasteiger partial charge is 0.263 e. The minimum atomic E-state index is -1.21. The summed E-state index contributed by atoms with van der Waals surface area (Å²) in [5.74, 6) is 0.0431. The first-order chi connectivity index (χ1) is 35.4. The minimum absolute atomic E-state index is 0.0182. The summed E-state index contributed by atoms with van der Waals surface area (Å²) < 4.78 is 1.70. The van der Waals surface area contributed by atoms with Gasteiger partial charge in [0, 0.05) is 68.7 Å². The average molecular weight is 1030 g/mol. The molecule has 392 valence electrons. The number of anilines is 3. The summed E-state index contributed by atoms with van der Waals surface area (Å²) in [4.78, 5) is 92.6. The predicted octanol–water partition coefficient (Wildman–Crippen LogP) is 6.04. The van der Waals surface area contributed by atoms with Crippen LogP contribution in [0, 0.1) is 36.5 Å². The average Bonchev–Trinajstić information content (AvgIpc) is 4.13. The number of nitrogens with one attached hydrogen (secondary N) is 3. The number of aryl methyl sites for hydroxylation is 2. The van der Waals surface area contributed by atoms with E-state index >= 15 is 0 Å². The quantitative estimate of drug-likeness (QED) is 0.0800. The standard InChI is InChI=1S/C55H69N11O7S/c1-31-41-28-58-53(62-47(41)66(38-9-7-8-10-38)51(72)44(31)33(3)67)60-43-16-15-39(27-56-43)63-17-19-64(20-18-63)50(71)37-24-55(25-37)22-36(23-55)48(69)61-46(54(4,5)6)52(73)65-29-40(68)21-42(65)49(70)57-26-34-11-13-35(14-12-34)45-32(2)59-30-74-45/h11-16,27-28,30,36-38,40,42,46,52,68,73H,7-10,17-26,29H2,1-6H3,(H,57,70)(H,61,69)(H,56,58,60,62)/t36?,37?,40-,42+,46-,52?,55?/m1/s1. The number of fused-ring (bicyclic) bond motifs is 1. The van der Waals surface area contributed by atoms with Gasteiger partial charge in [-0.15, -0.1) is 11.3 Å². The van der Waals surface area contributed by atoms with E-state index in [1.54, 1.807) is 40.1 Å². The van der Waals surface area contributed by atoms with Crippen molar-refractivity contribution in [2.24, 2.45) is 22.7 Å². The van der Waals surface area contributed by atoms with Gasteiger partial charge in [0.25, 0.3) is 5.56 Å². The second kappa shape index (κ2) is 20.5. The van der Waals surface area contributed by atoms with Crippen LogP contribution in [0.4, 0.5) is 17.5 Å². The Morgan fingerprint density at radius 1 is 0.892 bits per heavy atom. The van der Waals surface area contributed by atoms with Gasteiger partial charge in [0.2, 0.25) is 23.7 Å². The van der Waals surface area contributed by atoms with Gasteiger partial charge in [-0.1, -0.05) is 57.9 Å². The van der Waals surface area contributed by atoms with Crippen LogP contribution in [0.25, 0.3) is 21.5 Å². The summed E-state index contributed by atoms with van der Waals surface area (Å²) in [7, 11) is 0. The SMILES string of the molecule is CC(=O)c1c(C)c2cnc(Nc3ccc(N4CCN(C(=O)C5CC6(CC(C(=O)N[C@H](C(O)N7C[C@H](O)C[C@H]7C(=O)NCc7ccc(-c8scnc8C)cc7)C(C)(C)C)C6)C5)CC4)cn3)nc2n(C2CCCC2)c1=O. The molecule has 10 rings (SSSR count). The van der Waals surface area contributed by atoms with Crippen molar-refractivity contribution in [1.29, 1.82) is 0 Å². The molecule has 6 heterocycles. The van der Waals surface area contributed by atoms with Crippen molar-refractivity contribution in [3.8, 4) is 10.4 Å². The second-order valence-corrected chi connectivity index (χ2v) is 23.6. The Morgan fingerprint density at radius 3 is 2.23 bits per heavy atom. The van der Waals surface area contributed by atoms with Crippen molar-refractivity contribution in [1.82, 2.24) is 44.9 Å². The van der Waals surface area contributed by atoms with Gasteiger partial charge in [0.15, 0.2) is 5.78 Å². The van der Waals surface area contributed by atoms with Crippen molar-refractivity contribution in [3.05, 3.63) is 87.0 Å². The highest BCUT2D eigenvalue weighted by molar-refractivity contribution is 7.13. The van der Waals surface area contributed by atoms with E-state index in [2.05, 4.69) is 35.8 Å². The first-order valence-electron chi connectivity index (χ1n) is 26.3. The summed E-state index contributed by atoms with van der Waals surface area (Å²) in [5.41, 5.74) is 6.14. The summed E-state index contributed by atoms with van der Waals surface area (Å²) in [5, 5.41) is 32.7. The first kappa shape index (κ1) is 51.3. The van der Waals surface area contributed by atoms with Gasteiger partial charge >= 0.3 is 0 Å². The van der Waals surface area contributed by atoms with E-state index in [-0.39, 0.29) is 70.9 Å². The number of amides is 3. The molecule has 2 saturated heterocycles. The number of thiazole rings is 1. The highest BCUT2D eigenvalue weighted by Gasteiger charge is 2.57. The number of ketones is 1. The Hall–Kier alpha value is -6.15. The number of nitrogens with zero attached hydrogens (tertiary/aromatic N) is 8. The molecule has 0 bridgehead atoms. The fourth-order valence-electron chi connectivity index (χ4n) is 12.4. The summed E-state index contributed by atoms with van der Waals surface area (Å²) in [6.07, 6.45) is 8.29. The molecule has 3 amide bonds. The maximum Gasteiger partial charge on any atom is 0.263 e. The van der Waals surface area contributed by atoms with Crippen molar-refractivity contribution in [2.45, 2.75) is 136 Å². The summed E-state index contributed by atoms with van der Waals surface area (Å²) in [6, 6.07) is 10.3. The number of pyridine rings is 2. The first-order valence-corrected chi connectivity index (χ1v) is 27.1. The van der Waals surface area contributed by atoms with Gasteiger partial charge in [-0.3, -0.25) is 33.4 Å². The van der Waals surface area contributed by atoms with Crippen LogP contribution in [0.5, 0.6) is 0 Å².